The Labute approximate surface area is 93.0 Å². The van der Waals surface area contributed by atoms with E-state index in [2.05, 4.69) is 17.6 Å². The van der Waals surface area contributed by atoms with E-state index in [1.165, 1.54) is 19.3 Å². The lowest BCUT2D eigenvalue weighted by Crippen LogP contribution is -2.45. The van der Waals surface area contributed by atoms with Crippen molar-refractivity contribution in [3.63, 3.8) is 0 Å². The molecule has 0 radical (unpaired) electrons. The molecule has 0 spiro atoms. The highest BCUT2D eigenvalue weighted by Crippen LogP contribution is 2.34. The van der Waals surface area contributed by atoms with E-state index in [0.717, 1.165) is 5.92 Å². The lowest BCUT2D eigenvalue weighted by molar-refractivity contribution is -0.123. The van der Waals surface area contributed by atoms with Gasteiger partial charge in [-0.15, -0.1) is 0 Å². The first-order valence-electron chi connectivity index (χ1n) is 6.11. The molecule has 15 heavy (non-hydrogen) atoms. The molecule has 1 saturated carbocycles. The van der Waals surface area contributed by atoms with Crippen LogP contribution in [0.2, 0.25) is 0 Å². The summed E-state index contributed by atoms with van der Waals surface area (Å²) in [5.74, 6) is 0.927. The van der Waals surface area contributed by atoms with Crippen molar-refractivity contribution in [1.29, 1.82) is 0 Å². The summed E-state index contributed by atoms with van der Waals surface area (Å²) in [6.45, 7) is 8.13. The number of carbonyl (C=O) groups is 1. The second-order valence-electron chi connectivity index (χ2n) is 4.94. The highest BCUT2D eigenvalue weighted by molar-refractivity contribution is 5.81. The average molecular weight is 212 g/mol. The van der Waals surface area contributed by atoms with Crippen molar-refractivity contribution in [2.45, 2.75) is 65.1 Å². The van der Waals surface area contributed by atoms with Gasteiger partial charge >= 0.3 is 0 Å². The predicted molar refractivity (Wildman–Crippen MR) is 62.7 cm³/mol. The fourth-order valence-corrected chi connectivity index (χ4v) is 1.95. The summed E-state index contributed by atoms with van der Waals surface area (Å²) < 4.78 is 0. The molecule has 88 valence electrons. The lowest BCUT2D eigenvalue weighted by Gasteiger charge is -2.15. The van der Waals surface area contributed by atoms with E-state index in [-0.39, 0.29) is 18.0 Å². The van der Waals surface area contributed by atoms with E-state index in [4.69, 9.17) is 0 Å². The Morgan fingerprint density at radius 3 is 2.60 bits per heavy atom. The van der Waals surface area contributed by atoms with Crippen LogP contribution in [0.3, 0.4) is 0 Å². The molecule has 1 fully saturated rings. The van der Waals surface area contributed by atoms with Crippen molar-refractivity contribution in [2.75, 3.05) is 0 Å². The van der Waals surface area contributed by atoms with Gasteiger partial charge in [0.1, 0.15) is 0 Å². The zero-order chi connectivity index (χ0) is 11.4. The van der Waals surface area contributed by atoms with Gasteiger partial charge in [0.25, 0.3) is 0 Å². The van der Waals surface area contributed by atoms with Gasteiger partial charge in [-0.1, -0.05) is 13.3 Å². The Bertz CT molecular complexity index is 216. The Morgan fingerprint density at radius 1 is 1.40 bits per heavy atom. The number of hydrogen-bond donors (Lipinski definition) is 2. The van der Waals surface area contributed by atoms with E-state index in [1.54, 1.807) is 0 Å². The van der Waals surface area contributed by atoms with E-state index >= 15 is 0 Å². The molecule has 2 N–H and O–H groups in total. The van der Waals surface area contributed by atoms with Gasteiger partial charge in [0.2, 0.25) is 5.91 Å². The topological polar surface area (TPSA) is 41.1 Å². The van der Waals surface area contributed by atoms with Crippen molar-refractivity contribution in [3.05, 3.63) is 0 Å². The zero-order valence-corrected chi connectivity index (χ0v) is 10.3. The van der Waals surface area contributed by atoms with Gasteiger partial charge in [0.15, 0.2) is 0 Å². The van der Waals surface area contributed by atoms with Crippen LogP contribution >= 0.6 is 0 Å². The molecule has 3 heteroatoms. The molecular weight excluding hydrogens is 188 g/mol. The van der Waals surface area contributed by atoms with Crippen molar-refractivity contribution in [2.24, 2.45) is 5.92 Å². The monoisotopic (exact) mass is 212 g/mol. The maximum absolute atomic E-state index is 11.6. The minimum absolute atomic E-state index is 0.0562. The Morgan fingerprint density at radius 2 is 2.07 bits per heavy atom. The van der Waals surface area contributed by atoms with Crippen LogP contribution in [0.4, 0.5) is 0 Å². The van der Waals surface area contributed by atoms with Crippen molar-refractivity contribution in [3.8, 4) is 0 Å². The van der Waals surface area contributed by atoms with Crippen LogP contribution in [-0.2, 0) is 4.79 Å². The smallest absolute Gasteiger partial charge is 0.237 e. The molecule has 1 amide bonds. The van der Waals surface area contributed by atoms with E-state index < -0.39 is 0 Å². The third-order valence-corrected chi connectivity index (χ3v) is 2.87. The van der Waals surface area contributed by atoms with Gasteiger partial charge in [0, 0.05) is 12.1 Å². The summed E-state index contributed by atoms with van der Waals surface area (Å²) in [5, 5.41) is 6.30. The fraction of sp³-hybridized carbons (Fsp3) is 0.917. The Kier molecular flexibility index (Phi) is 4.58. The predicted octanol–water partition coefficient (Wildman–Crippen LogP) is 1.68. The van der Waals surface area contributed by atoms with Crippen LogP contribution in [0.5, 0.6) is 0 Å². The van der Waals surface area contributed by atoms with Crippen LogP contribution < -0.4 is 10.6 Å². The molecule has 0 saturated heterocycles. The number of carbonyl (C=O) groups excluding carboxylic acids is 1. The highest BCUT2D eigenvalue weighted by Gasteiger charge is 2.37. The molecule has 3 nitrogen and oxygen atoms in total. The van der Waals surface area contributed by atoms with Gasteiger partial charge in [0.05, 0.1) is 6.04 Å². The number of nitrogens with one attached hydrogen (secondary N) is 2. The molecule has 3 unspecified atom stereocenters. The van der Waals surface area contributed by atoms with Crippen LogP contribution in [0, 0.1) is 5.92 Å². The van der Waals surface area contributed by atoms with Gasteiger partial charge in [-0.25, -0.2) is 0 Å². The molecule has 1 rings (SSSR count). The number of amides is 1. The molecule has 0 aromatic rings. The number of hydrogen-bond acceptors (Lipinski definition) is 2. The highest BCUT2D eigenvalue weighted by atomic mass is 16.2. The molecule has 0 heterocycles. The quantitative estimate of drug-likeness (QED) is 0.703. The van der Waals surface area contributed by atoms with Gasteiger partial charge in [-0.3, -0.25) is 4.79 Å². The van der Waals surface area contributed by atoms with Crippen LogP contribution in [0.1, 0.15) is 47.0 Å². The molecule has 1 aliphatic rings. The van der Waals surface area contributed by atoms with E-state index in [0.29, 0.717) is 6.04 Å². The fourth-order valence-electron chi connectivity index (χ4n) is 1.95. The van der Waals surface area contributed by atoms with E-state index in [9.17, 15) is 4.79 Å². The summed E-state index contributed by atoms with van der Waals surface area (Å²) in [7, 11) is 0. The van der Waals surface area contributed by atoms with Gasteiger partial charge in [-0.05, 0) is 39.5 Å². The average Bonchev–Trinajstić information content (AvgIpc) is 2.83. The third-order valence-electron chi connectivity index (χ3n) is 2.87. The van der Waals surface area contributed by atoms with Crippen molar-refractivity contribution in [1.82, 2.24) is 10.6 Å². The Balaban J connectivity index is 2.19. The lowest BCUT2D eigenvalue weighted by atomic mass is 10.2. The maximum Gasteiger partial charge on any atom is 0.237 e. The first-order valence-corrected chi connectivity index (χ1v) is 6.11. The molecule has 0 aromatic carbocycles. The first kappa shape index (κ1) is 12.5. The standard InChI is InChI=1S/C12H24N2O/c1-5-6-10-7-11(10)14-9(4)12(15)13-8(2)3/h8-11,14H,5-7H2,1-4H3,(H,13,15). The largest absolute Gasteiger partial charge is 0.353 e. The van der Waals surface area contributed by atoms with Crippen LogP contribution in [-0.4, -0.2) is 24.0 Å². The second kappa shape index (κ2) is 5.50. The summed E-state index contributed by atoms with van der Waals surface area (Å²) >= 11 is 0. The van der Waals surface area contributed by atoms with Crippen LogP contribution in [0.25, 0.3) is 0 Å². The molecule has 0 aliphatic heterocycles. The Hall–Kier alpha value is -0.570. The summed E-state index contributed by atoms with van der Waals surface area (Å²) in [4.78, 5) is 11.6. The van der Waals surface area contributed by atoms with Crippen LogP contribution in [0.15, 0.2) is 0 Å². The summed E-state index contributed by atoms with van der Waals surface area (Å²) in [6.07, 6.45) is 3.78. The minimum Gasteiger partial charge on any atom is -0.353 e. The maximum atomic E-state index is 11.6. The second-order valence-corrected chi connectivity index (χ2v) is 4.94. The normalized spacial score (nSPS) is 26.5. The SMILES string of the molecule is CCCC1CC1NC(C)C(=O)NC(C)C. The van der Waals surface area contributed by atoms with Crippen molar-refractivity contribution < 1.29 is 4.79 Å². The molecule has 0 bridgehead atoms. The first-order chi connectivity index (χ1) is 7.04. The molecule has 1 aliphatic carbocycles. The van der Waals surface area contributed by atoms with Gasteiger partial charge in [-0.2, -0.15) is 0 Å². The molecule has 3 atom stereocenters. The zero-order valence-electron chi connectivity index (χ0n) is 10.3. The summed E-state index contributed by atoms with van der Waals surface area (Å²) in [6, 6.07) is 0.754. The van der Waals surface area contributed by atoms with E-state index in [1.807, 2.05) is 20.8 Å². The summed E-state index contributed by atoms with van der Waals surface area (Å²) in [5.41, 5.74) is 0. The molecular formula is C12H24N2O. The molecule has 0 aromatic heterocycles. The number of rotatable bonds is 6. The van der Waals surface area contributed by atoms with Gasteiger partial charge < -0.3 is 10.6 Å². The third kappa shape index (κ3) is 4.20. The van der Waals surface area contributed by atoms with Crippen molar-refractivity contribution >= 4 is 5.91 Å². The minimum atomic E-state index is -0.0562.